The van der Waals surface area contributed by atoms with E-state index in [1.807, 2.05) is 12.1 Å². The Bertz CT molecular complexity index is 790. The van der Waals surface area contributed by atoms with Crippen LogP contribution in [0.15, 0.2) is 54.6 Å². The fourth-order valence-corrected chi connectivity index (χ4v) is 2.30. The fourth-order valence-electron chi connectivity index (χ4n) is 2.17. The summed E-state index contributed by atoms with van der Waals surface area (Å²) >= 11 is 5.82. The molecule has 0 aliphatic carbocycles. The summed E-state index contributed by atoms with van der Waals surface area (Å²) in [6.45, 7) is 5.37. The zero-order chi connectivity index (χ0) is 19.2. The van der Waals surface area contributed by atoms with Crippen LogP contribution < -0.4 is 4.74 Å². The van der Waals surface area contributed by atoms with Crippen molar-refractivity contribution in [3.05, 3.63) is 70.8 Å². The van der Waals surface area contributed by atoms with Gasteiger partial charge in [-0.2, -0.15) is 0 Å². The first-order valence-electron chi connectivity index (χ1n) is 8.26. The molecular formula is C21H21ClO4. The summed E-state index contributed by atoms with van der Waals surface area (Å²) in [5.74, 6) is 0.0206. The molecule has 136 valence electrons. The summed E-state index contributed by atoms with van der Waals surface area (Å²) < 4.78 is 10.7. The molecule has 0 radical (unpaired) electrons. The summed E-state index contributed by atoms with van der Waals surface area (Å²) in [4.78, 5) is 24.0. The van der Waals surface area contributed by atoms with E-state index in [9.17, 15) is 9.59 Å². The minimum Gasteiger partial charge on any atom is -0.476 e. The van der Waals surface area contributed by atoms with Gasteiger partial charge in [0.25, 0.3) is 0 Å². The second-order valence-corrected chi connectivity index (χ2v) is 6.54. The van der Waals surface area contributed by atoms with Gasteiger partial charge in [-0.3, -0.25) is 4.79 Å². The van der Waals surface area contributed by atoms with E-state index < -0.39 is 11.6 Å². The minimum atomic E-state index is -1.07. The Morgan fingerprint density at radius 1 is 1.04 bits per heavy atom. The van der Waals surface area contributed by atoms with E-state index in [0.29, 0.717) is 22.9 Å². The molecule has 0 saturated carbocycles. The highest BCUT2D eigenvalue weighted by Crippen LogP contribution is 2.21. The average molecular weight is 373 g/mol. The van der Waals surface area contributed by atoms with Crippen molar-refractivity contribution in [2.24, 2.45) is 0 Å². The van der Waals surface area contributed by atoms with Crippen LogP contribution in [-0.4, -0.2) is 24.0 Å². The molecule has 0 unspecified atom stereocenters. The maximum Gasteiger partial charge on any atom is 0.349 e. The SMILES string of the molecule is CCOC(=O)C(C)(C)Oc1ccc(/C=C\C(=O)c2ccc(Cl)cc2)cc1. The lowest BCUT2D eigenvalue weighted by molar-refractivity contribution is -0.158. The van der Waals surface area contributed by atoms with Crippen LogP contribution in [-0.2, 0) is 9.53 Å². The smallest absolute Gasteiger partial charge is 0.349 e. The van der Waals surface area contributed by atoms with Gasteiger partial charge in [0.2, 0.25) is 0 Å². The first kappa shape index (κ1) is 19.7. The quantitative estimate of drug-likeness (QED) is 0.391. The number of benzene rings is 2. The van der Waals surface area contributed by atoms with Crippen molar-refractivity contribution in [2.45, 2.75) is 26.4 Å². The number of hydrogen-bond donors (Lipinski definition) is 0. The molecule has 0 aromatic heterocycles. The number of carbonyl (C=O) groups excluding carboxylic acids is 2. The van der Waals surface area contributed by atoms with Crippen molar-refractivity contribution < 1.29 is 19.1 Å². The molecule has 2 rings (SSSR count). The molecule has 0 aliphatic rings. The molecule has 0 N–H and O–H groups in total. The summed E-state index contributed by atoms with van der Waals surface area (Å²) in [7, 11) is 0. The van der Waals surface area contributed by atoms with Crippen LogP contribution in [0.5, 0.6) is 5.75 Å². The van der Waals surface area contributed by atoms with Crippen LogP contribution in [0.25, 0.3) is 6.08 Å². The largest absolute Gasteiger partial charge is 0.476 e. The normalized spacial score (nSPS) is 11.4. The van der Waals surface area contributed by atoms with Gasteiger partial charge in [-0.25, -0.2) is 4.79 Å². The zero-order valence-corrected chi connectivity index (χ0v) is 15.7. The maximum absolute atomic E-state index is 12.1. The van der Waals surface area contributed by atoms with Crippen molar-refractivity contribution in [3.8, 4) is 5.75 Å². The molecule has 0 spiro atoms. The number of ketones is 1. The van der Waals surface area contributed by atoms with Gasteiger partial charge in [0.05, 0.1) is 6.61 Å². The monoisotopic (exact) mass is 372 g/mol. The maximum atomic E-state index is 12.1. The third-order valence-electron chi connectivity index (χ3n) is 3.58. The van der Waals surface area contributed by atoms with E-state index in [2.05, 4.69) is 0 Å². The number of ether oxygens (including phenoxy) is 2. The van der Waals surface area contributed by atoms with E-state index in [1.54, 1.807) is 63.2 Å². The fraction of sp³-hybridized carbons (Fsp3) is 0.238. The van der Waals surface area contributed by atoms with Crippen LogP contribution in [0.1, 0.15) is 36.7 Å². The Labute approximate surface area is 158 Å². The van der Waals surface area contributed by atoms with Gasteiger partial charge in [0, 0.05) is 10.6 Å². The second kappa shape index (κ2) is 8.68. The van der Waals surface area contributed by atoms with E-state index in [4.69, 9.17) is 21.1 Å². The van der Waals surface area contributed by atoms with E-state index >= 15 is 0 Å². The molecule has 0 heterocycles. The van der Waals surface area contributed by atoms with Gasteiger partial charge >= 0.3 is 5.97 Å². The topological polar surface area (TPSA) is 52.6 Å². The average Bonchev–Trinajstić information content (AvgIpc) is 2.61. The number of esters is 1. The number of allylic oxidation sites excluding steroid dienone is 1. The molecule has 0 aliphatic heterocycles. The van der Waals surface area contributed by atoms with Crippen molar-refractivity contribution in [2.75, 3.05) is 6.61 Å². The molecule has 4 nitrogen and oxygen atoms in total. The van der Waals surface area contributed by atoms with Crippen LogP contribution in [0.4, 0.5) is 0 Å². The molecule has 0 bridgehead atoms. The van der Waals surface area contributed by atoms with Crippen molar-refractivity contribution in [1.29, 1.82) is 0 Å². The Kier molecular flexibility index (Phi) is 6.58. The molecule has 5 heteroatoms. The van der Waals surface area contributed by atoms with Crippen LogP contribution >= 0.6 is 11.6 Å². The van der Waals surface area contributed by atoms with Gasteiger partial charge in [0.1, 0.15) is 5.75 Å². The highest BCUT2D eigenvalue weighted by molar-refractivity contribution is 6.30. The minimum absolute atomic E-state index is 0.106. The molecule has 26 heavy (non-hydrogen) atoms. The highest BCUT2D eigenvalue weighted by atomic mass is 35.5. The molecule has 0 amide bonds. The van der Waals surface area contributed by atoms with E-state index in [-0.39, 0.29) is 5.78 Å². The lowest BCUT2D eigenvalue weighted by atomic mass is 10.1. The number of hydrogen-bond acceptors (Lipinski definition) is 4. The van der Waals surface area contributed by atoms with Crippen molar-refractivity contribution in [1.82, 2.24) is 0 Å². The lowest BCUT2D eigenvalue weighted by Gasteiger charge is -2.24. The second-order valence-electron chi connectivity index (χ2n) is 6.11. The number of halogens is 1. The van der Waals surface area contributed by atoms with Gasteiger partial charge in [-0.05, 0) is 68.8 Å². The molecule has 0 saturated heterocycles. The summed E-state index contributed by atoms with van der Waals surface area (Å²) in [6.07, 6.45) is 3.22. The Balaban J connectivity index is 2.01. The molecule has 2 aromatic carbocycles. The summed E-state index contributed by atoms with van der Waals surface area (Å²) in [5.41, 5.74) is 0.341. The van der Waals surface area contributed by atoms with E-state index in [0.717, 1.165) is 5.56 Å². The summed E-state index contributed by atoms with van der Waals surface area (Å²) in [6, 6.07) is 13.8. The third kappa shape index (κ3) is 5.46. The third-order valence-corrected chi connectivity index (χ3v) is 3.83. The predicted molar refractivity (Wildman–Crippen MR) is 103 cm³/mol. The first-order chi connectivity index (χ1) is 12.3. The van der Waals surface area contributed by atoms with Gasteiger partial charge in [-0.1, -0.05) is 29.8 Å². The Hall–Kier alpha value is -2.59. The van der Waals surface area contributed by atoms with Gasteiger partial charge < -0.3 is 9.47 Å². The molecule has 0 fully saturated rings. The highest BCUT2D eigenvalue weighted by Gasteiger charge is 2.31. The van der Waals surface area contributed by atoms with E-state index in [1.165, 1.54) is 6.08 Å². The first-order valence-corrected chi connectivity index (χ1v) is 8.64. The summed E-state index contributed by atoms with van der Waals surface area (Å²) in [5, 5.41) is 0.590. The zero-order valence-electron chi connectivity index (χ0n) is 15.0. The van der Waals surface area contributed by atoms with Crippen molar-refractivity contribution >= 4 is 29.4 Å². The van der Waals surface area contributed by atoms with Gasteiger partial charge in [-0.15, -0.1) is 0 Å². The Morgan fingerprint density at radius 3 is 2.23 bits per heavy atom. The molecule has 0 atom stereocenters. The van der Waals surface area contributed by atoms with Gasteiger partial charge in [0.15, 0.2) is 11.4 Å². The van der Waals surface area contributed by atoms with Crippen molar-refractivity contribution in [3.63, 3.8) is 0 Å². The number of carbonyl (C=O) groups is 2. The lowest BCUT2D eigenvalue weighted by Crippen LogP contribution is -2.39. The van der Waals surface area contributed by atoms with Crippen LogP contribution in [0.3, 0.4) is 0 Å². The van der Waals surface area contributed by atoms with Crippen LogP contribution in [0.2, 0.25) is 5.02 Å². The molecular weight excluding hydrogens is 352 g/mol. The molecule has 2 aromatic rings. The predicted octanol–water partition coefficient (Wildman–Crippen LogP) is 4.96. The number of rotatable bonds is 7. The standard InChI is InChI=1S/C21H21ClO4/c1-4-25-20(24)21(2,3)26-18-12-5-15(6-13-18)7-14-19(23)16-8-10-17(22)11-9-16/h5-14H,4H2,1-3H3/b14-7-. The Morgan fingerprint density at radius 2 is 1.65 bits per heavy atom. The van der Waals surface area contributed by atoms with Crippen LogP contribution in [0, 0.1) is 0 Å².